The highest BCUT2D eigenvalue weighted by molar-refractivity contribution is 5.94. The molecule has 0 atom stereocenters. The highest BCUT2D eigenvalue weighted by atomic mass is 15.1. The second kappa shape index (κ2) is 20.8. The third kappa shape index (κ3) is 10.9. The van der Waals surface area contributed by atoms with Crippen molar-refractivity contribution in [2.45, 2.75) is 78.6 Å². The topological polar surface area (TPSA) is 77.3 Å². The summed E-state index contributed by atoms with van der Waals surface area (Å²) < 4.78 is 0. The van der Waals surface area contributed by atoms with E-state index < -0.39 is 0 Å². The van der Waals surface area contributed by atoms with E-state index in [2.05, 4.69) is 261 Å². The van der Waals surface area contributed by atoms with Crippen molar-refractivity contribution >= 4 is 0 Å². The van der Waals surface area contributed by atoms with Crippen LogP contribution in [0.1, 0.15) is 79.5 Å². The third-order valence-corrected chi connectivity index (χ3v) is 14.4. The molecule has 78 heavy (non-hydrogen) atoms. The van der Waals surface area contributed by atoms with Crippen LogP contribution in [-0.4, -0.2) is 29.9 Å². The number of aromatic nitrogens is 6. The Labute approximate surface area is 460 Å². The lowest BCUT2D eigenvalue weighted by molar-refractivity contribution is 0.497. The number of rotatable bonds is 10. The lowest BCUT2D eigenvalue weighted by Crippen LogP contribution is -2.24. The van der Waals surface area contributed by atoms with E-state index in [0.29, 0.717) is 5.82 Å². The Bertz CT molecular complexity index is 3880. The average Bonchev–Trinajstić information content (AvgIpc) is 3.58. The Morgan fingerprint density at radius 3 is 0.987 bits per heavy atom. The number of hydrogen-bond acceptors (Lipinski definition) is 6. The third-order valence-electron chi connectivity index (χ3n) is 14.4. The molecule has 11 rings (SSSR count). The van der Waals surface area contributed by atoms with Gasteiger partial charge in [0, 0.05) is 51.7 Å². The number of nitrogens with zero attached hydrogens (tertiary/aromatic N) is 6. The molecule has 11 aromatic rings. The zero-order valence-electron chi connectivity index (χ0n) is 46.0. The fourth-order valence-corrected chi connectivity index (χ4v) is 9.98. The molecule has 0 unspecified atom stereocenters. The maximum absolute atomic E-state index is 4.95. The van der Waals surface area contributed by atoms with Crippen molar-refractivity contribution in [2.24, 2.45) is 0 Å². The first kappa shape index (κ1) is 51.1. The van der Waals surface area contributed by atoms with Gasteiger partial charge in [-0.25, -0.2) is 15.0 Å². The normalized spacial score (nSPS) is 11.9. The van der Waals surface area contributed by atoms with Gasteiger partial charge in [0.2, 0.25) is 0 Å². The summed E-state index contributed by atoms with van der Waals surface area (Å²) >= 11 is 0. The summed E-state index contributed by atoms with van der Waals surface area (Å²) in [6.07, 6.45) is 5.65. The molecule has 6 heteroatoms. The van der Waals surface area contributed by atoms with Crippen LogP contribution < -0.4 is 0 Å². The standard InChI is InChI=1S/C72H64N6/c1-70(2,3)57-39-41-74-66(45-57)52-35-29-49(30-36-52)60-20-12-15-23-63(60)56-43-54(61-21-13-10-18-58(61)47-25-31-50(32-26-47)64-24-16-17-40-73-64)42-55(44-56)62-22-14-11-19-59(62)48-27-33-51(34-28-48)65-38-37-53(46-75-65)67-76-68(71(4,5)6)78-69(77-67)72(7,8)9/h10-46H,1-9H3. The van der Waals surface area contributed by atoms with Gasteiger partial charge in [0.15, 0.2) is 5.82 Å². The SMILES string of the molecule is CC(C)(C)c1ccnc(-c2ccc(-c3ccccc3-c3cc(-c4ccccc4-c4ccc(-c5ccccn5)cc4)cc(-c4ccccc4-c4ccc(-c5ccc(-c6nc(C(C)(C)C)nc(C(C)(C)C)n6)cn5)cc4)c3)cc2)c1. The van der Waals surface area contributed by atoms with Crippen molar-refractivity contribution in [1.82, 2.24) is 29.9 Å². The maximum atomic E-state index is 4.95. The Hall–Kier alpha value is -9.00. The van der Waals surface area contributed by atoms with E-state index in [-0.39, 0.29) is 16.2 Å². The molecule has 7 aromatic carbocycles. The summed E-state index contributed by atoms with van der Waals surface area (Å²) in [7, 11) is 0. The summed E-state index contributed by atoms with van der Waals surface area (Å²) in [5, 5.41) is 0. The molecule has 0 aliphatic heterocycles. The zero-order valence-corrected chi connectivity index (χ0v) is 46.0. The molecule has 6 nitrogen and oxygen atoms in total. The fraction of sp³-hybridized carbons (Fsp3) is 0.167. The minimum atomic E-state index is -0.227. The van der Waals surface area contributed by atoms with Gasteiger partial charge < -0.3 is 0 Å². The predicted octanol–water partition coefficient (Wildman–Crippen LogP) is 18.6. The summed E-state index contributed by atoms with van der Waals surface area (Å²) in [6, 6.07) is 74.3. The molecule has 0 spiro atoms. The van der Waals surface area contributed by atoms with Gasteiger partial charge in [0.25, 0.3) is 0 Å². The summed E-state index contributed by atoms with van der Waals surface area (Å²) in [6.45, 7) is 19.5. The number of hydrogen-bond donors (Lipinski definition) is 0. The van der Waals surface area contributed by atoms with E-state index in [1.54, 1.807) is 0 Å². The molecule has 0 radical (unpaired) electrons. The Kier molecular flexibility index (Phi) is 13.7. The molecule has 0 aliphatic rings. The van der Waals surface area contributed by atoms with Crippen molar-refractivity contribution in [2.75, 3.05) is 0 Å². The van der Waals surface area contributed by atoms with Gasteiger partial charge in [-0.15, -0.1) is 0 Å². The van der Waals surface area contributed by atoms with E-state index >= 15 is 0 Å². The molecule has 0 fully saturated rings. The molecule has 4 heterocycles. The molecule has 0 bridgehead atoms. The minimum absolute atomic E-state index is 0.0270. The highest BCUT2D eigenvalue weighted by Crippen LogP contribution is 2.43. The Morgan fingerprint density at radius 1 is 0.256 bits per heavy atom. The van der Waals surface area contributed by atoms with Crippen molar-refractivity contribution in [3.8, 4) is 112 Å². The number of pyridine rings is 3. The van der Waals surface area contributed by atoms with Crippen LogP contribution in [-0.2, 0) is 16.2 Å². The maximum Gasteiger partial charge on any atom is 0.164 e. The first-order valence-electron chi connectivity index (χ1n) is 26.9. The summed E-state index contributed by atoms with van der Waals surface area (Å²) in [4.78, 5) is 29.1. The van der Waals surface area contributed by atoms with Crippen molar-refractivity contribution < 1.29 is 0 Å². The smallest absolute Gasteiger partial charge is 0.164 e. The van der Waals surface area contributed by atoms with E-state index in [1.807, 2.05) is 30.7 Å². The van der Waals surface area contributed by atoms with Gasteiger partial charge in [-0.2, -0.15) is 0 Å². The monoisotopic (exact) mass is 1010 g/mol. The quantitative estimate of drug-likeness (QED) is 0.136. The first-order valence-corrected chi connectivity index (χ1v) is 26.9. The van der Waals surface area contributed by atoms with Gasteiger partial charge >= 0.3 is 0 Å². The molecule has 0 saturated heterocycles. The van der Waals surface area contributed by atoms with Crippen LogP contribution in [0.4, 0.5) is 0 Å². The molecular weight excluding hydrogens is 949 g/mol. The van der Waals surface area contributed by atoms with Crippen LogP contribution in [0.3, 0.4) is 0 Å². The van der Waals surface area contributed by atoms with Gasteiger partial charge in [-0.05, 0) is 132 Å². The van der Waals surface area contributed by atoms with Crippen LogP contribution in [0.2, 0.25) is 0 Å². The molecular formula is C72H64N6. The average molecular weight is 1010 g/mol. The van der Waals surface area contributed by atoms with Crippen LogP contribution in [0, 0.1) is 0 Å². The van der Waals surface area contributed by atoms with Gasteiger partial charge in [0.1, 0.15) is 11.6 Å². The van der Waals surface area contributed by atoms with Gasteiger partial charge in [-0.1, -0.05) is 214 Å². The van der Waals surface area contributed by atoms with Gasteiger partial charge in [0.05, 0.1) is 17.1 Å². The molecule has 382 valence electrons. The lowest BCUT2D eigenvalue weighted by atomic mass is 9.86. The molecule has 0 N–H and O–H groups in total. The number of benzene rings is 7. The molecule has 4 aromatic heterocycles. The van der Waals surface area contributed by atoms with Crippen LogP contribution in [0.5, 0.6) is 0 Å². The zero-order chi connectivity index (χ0) is 54.2. The summed E-state index contributed by atoms with van der Waals surface area (Å²) in [5.41, 5.74) is 21.4. The molecule has 0 amide bonds. The largest absolute Gasteiger partial charge is 0.256 e. The highest BCUT2D eigenvalue weighted by Gasteiger charge is 2.26. The Morgan fingerprint density at radius 2 is 0.615 bits per heavy atom. The van der Waals surface area contributed by atoms with Crippen molar-refractivity contribution in [1.29, 1.82) is 0 Å². The van der Waals surface area contributed by atoms with Crippen molar-refractivity contribution in [3.63, 3.8) is 0 Å². The van der Waals surface area contributed by atoms with Gasteiger partial charge in [-0.3, -0.25) is 15.0 Å². The van der Waals surface area contributed by atoms with Crippen LogP contribution in [0.25, 0.3) is 112 Å². The Balaban J connectivity index is 0.983. The van der Waals surface area contributed by atoms with E-state index in [4.69, 9.17) is 24.9 Å². The van der Waals surface area contributed by atoms with E-state index in [0.717, 1.165) is 118 Å². The first-order chi connectivity index (χ1) is 37.5. The van der Waals surface area contributed by atoms with Crippen LogP contribution >= 0.6 is 0 Å². The molecule has 0 aliphatic carbocycles. The second-order valence-corrected chi connectivity index (χ2v) is 23.3. The lowest BCUT2D eigenvalue weighted by Gasteiger charge is -2.22. The predicted molar refractivity (Wildman–Crippen MR) is 324 cm³/mol. The van der Waals surface area contributed by atoms with E-state index in [9.17, 15) is 0 Å². The minimum Gasteiger partial charge on any atom is -0.256 e. The molecule has 0 saturated carbocycles. The summed E-state index contributed by atoms with van der Waals surface area (Å²) in [5.74, 6) is 2.19. The van der Waals surface area contributed by atoms with Crippen molar-refractivity contribution in [3.05, 3.63) is 242 Å². The second-order valence-electron chi connectivity index (χ2n) is 23.3. The fourth-order valence-electron chi connectivity index (χ4n) is 9.98. The van der Waals surface area contributed by atoms with Crippen LogP contribution in [0.15, 0.2) is 225 Å². The van der Waals surface area contributed by atoms with E-state index in [1.165, 1.54) is 5.56 Å².